The first-order valence-corrected chi connectivity index (χ1v) is 12.4. The third-order valence-electron chi connectivity index (χ3n) is 6.19. The Morgan fingerprint density at radius 1 is 0.931 bits per heavy atom. The summed E-state index contributed by atoms with van der Waals surface area (Å²) in [7, 11) is -3.19. The highest BCUT2D eigenvalue weighted by Crippen LogP contribution is 2.26. The number of unbranched alkanes of at least 4 members (excludes halogenated alkanes) is 1. The summed E-state index contributed by atoms with van der Waals surface area (Å²) in [5, 5.41) is 0. The number of piperidine rings is 2. The summed E-state index contributed by atoms with van der Waals surface area (Å²) in [6.45, 7) is 4.07. The summed E-state index contributed by atoms with van der Waals surface area (Å²) in [4.78, 5) is 27.4. The van der Waals surface area contributed by atoms with Gasteiger partial charge in [-0.25, -0.2) is 12.7 Å². The predicted octanol–water partition coefficient (Wildman–Crippen LogP) is 2.95. The van der Waals surface area contributed by atoms with Gasteiger partial charge in [0, 0.05) is 43.6 Å². The Hall–Kier alpha value is -1.73. The van der Waals surface area contributed by atoms with Gasteiger partial charge in [-0.15, -0.1) is 0 Å². The molecule has 2 saturated heterocycles. The Morgan fingerprint density at radius 2 is 1.52 bits per heavy atom. The van der Waals surface area contributed by atoms with Gasteiger partial charge in [0.25, 0.3) is 0 Å². The molecule has 0 aromatic heterocycles. The molecule has 160 valence electrons. The summed E-state index contributed by atoms with van der Waals surface area (Å²) < 4.78 is 26.2. The SMILES string of the molecule is CCCCS(=O)(=O)N1CCC(C(=O)N2CCC(C(=O)c3ccccc3)CC2)CC1. The Balaban J connectivity index is 1.47. The summed E-state index contributed by atoms with van der Waals surface area (Å²) in [5.41, 5.74) is 0.744. The lowest BCUT2D eigenvalue weighted by molar-refractivity contribution is -0.138. The van der Waals surface area contributed by atoms with Crippen LogP contribution >= 0.6 is 0 Å². The van der Waals surface area contributed by atoms with Gasteiger partial charge in [0.15, 0.2) is 5.78 Å². The zero-order chi connectivity index (χ0) is 20.9. The van der Waals surface area contributed by atoms with Crippen molar-refractivity contribution in [2.24, 2.45) is 11.8 Å². The molecule has 7 heteroatoms. The number of benzene rings is 1. The molecule has 2 heterocycles. The van der Waals surface area contributed by atoms with E-state index in [4.69, 9.17) is 0 Å². The molecule has 3 rings (SSSR count). The van der Waals surface area contributed by atoms with Crippen LogP contribution in [0.25, 0.3) is 0 Å². The topological polar surface area (TPSA) is 74.8 Å². The monoisotopic (exact) mass is 420 g/mol. The molecule has 0 atom stereocenters. The Labute approximate surface area is 174 Å². The number of carbonyl (C=O) groups is 2. The van der Waals surface area contributed by atoms with Gasteiger partial charge >= 0.3 is 0 Å². The van der Waals surface area contributed by atoms with Crippen LogP contribution in [0.15, 0.2) is 30.3 Å². The first-order valence-electron chi connectivity index (χ1n) is 10.8. The number of ketones is 1. The van der Waals surface area contributed by atoms with Gasteiger partial charge in [0.2, 0.25) is 15.9 Å². The van der Waals surface area contributed by atoms with E-state index in [1.807, 2.05) is 42.2 Å². The van der Waals surface area contributed by atoms with Crippen molar-refractivity contribution in [3.63, 3.8) is 0 Å². The minimum absolute atomic E-state index is 0.0213. The zero-order valence-corrected chi connectivity index (χ0v) is 18.1. The lowest BCUT2D eigenvalue weighted by Gasteiger charge is -2.36. The maximum absolute atomic E-state index is 12.9. The van der Waals surface area contributed by atoms with Crippen molar-refractivity contribution < 1.29 is 18.0 Å². The highest BCUT2D eigenvalue weighted by Gasteiger charge is 2.35. The molecular weight excluding hydrogens is 388 g/mol. The molecule has 0 spiro atoms. The summed E-state index contributed by atoms with van der Waals surface area (Å²) >= 11 is 0. The van der Waals surface area contributed by atoms with Gasteiger partial charge in [-0.2, -0.15) is 0 Å². The van der Waals surface area contributed by atoms with E-state index in [-0.39, 0.29) is 29.3 Å². The van der Waals surface area contributed by atoms with Crippen molar-refractivity contribution in [2.45, 2.75) is 45.4 Å². The number of nitrogens with zero attached hydrogens (tertiary/aromatic N) is 2. The minimum Gasteiger partial charge on any atom is -0.342 e. The first kappa shape index (κ1) is 22.0. The lowest BCUT2D eigenvalue weighted by Crippen LogP contribution is -2.47. The van der Waals surface area contributed by atoms with E-state index in [2.05, 4.69) is 0 Å². The third kappa shape index (κ3) is 5.45. The molecule has 2 fully saturated rings. The zero-order valence-electron chi connectivity index (χ0n) is 17.3. The van der Waals surface area contributed by atoms with Crippen LogP contribution in [0.5, 0.6) is 0 Å². The van der Waals surface area contributed by atoms with Crippen LogP contribution in [0.2, 0.25) is 0 Å². The average Bonchev–Trinajstić information content (AvgIpc) is 2.77. The van der Waals surface area contributed by atoms with Crippen LogP contribution in [0.3, 0.4) is 0 Å². The standard InChI is InChI=1S/C22H32N2O4S/c1-2-3-17-29(27,28)24-15-11-20(12-16-24)22(26)23-13-9-19(10-14-23)21(25)18-7-5-4-6-8-18/h4-8,19-20H,2-3,9-17H2,1H3. The molecule has 2 aliphatic rings. The number of rotatable bonds is 7. The molecule has 1 amide bonds. The van der Waals surface area contributed by atoms with E-state index >= 15 is 0 Å². The highest BCUT2D eigenvalue weighted by atomic mass is 32.2. The maximum Gasteiger partial charge on any atom is 0.225 e. The van der Waals surface area contributed by atoms with Crippen LogP contribution in [0.4, 0.5) is 0 Å². The van der Waals surface area contributed by atoms with E-state index in [0.29, 0.717) is 58.3 Å². The molecule has 1 aromatic rings. The van der Waals surface area contributed by atoms with Crippen LogP contribution in [-0.4, -0.2) is 61.2 Å². The molecule has 0 radical (unpaired) electrons. The molecule has 0 N–H and O–H groups in total. The van der Waals surface area contributed by atoms with Crippen molar-refractivity contribution in [1.29, 1.82) is 0 Å². The molecule has 6 nitrogen and oxygen atoms in total. The number of sulfonamides is 1. The predicted molar refractivity (Wildman–Crippen MR) is 113 cm³/mol. The van der Waals surface area contributed by atoms with Crippen LogP contribution in [0.1, 0.15) is 55.8 Å². The number of amides is 1. The van der Waals surface area contributed by atoms with Gasteiger partial charge in [-0.3, -0.25) is 9.59 Å². The first-order chi connectivity index (χ1) is 13.9. The average molecular weight is 421 g/mol. The summed E-state index contributed by atoms with van der Waals surface area (Å²) in [5.74, 6) is 0.371. The van der Waals surface area contributed by atoms with E-state index < -0.39 is 10.0 Å². The van der Waals surface area contributed by atoms with E-state index in [9.17, 15) is 18.0 Å². The Kier molecular flexibility index (Phi) is 7.46. The van der Waals surface area contributed by atoms with Crippen molar-refractivity contribution in [3.05, 3.63) is 35.9 Å². The Bertz CT molecular complexity index is 793. The van der Waals surface area contributed by atoms with Gasteiger partial charge in [0.05, 0.1) is 5.75 Å². The fraction of sp³-hybridized carbons (Fsp3) is 0.636. The second kappa shape index (κ2) is 9.85. The third-order valence-corrected chi connectivity index (χ3v) is 8.14. The van der Waals surface area contributed by atoms with Gasteiger partial charge in [-0.05, 0) is 32.1 Å². The van der Waals surface area contributed by atoms with E-state index in [0.717, 1.165) is 12.0 Å². The summed E-state index contributed by atoms with van der Waals surface area (Å²) in [6.07, 6.45) is 4.11. The van der Waals surface area contributed by atoms with Gasteiger partial charge in [-0.1, -0.05) is 43.7 Å². The molecule has 29 heavy (non-hydrogen) atoms. The number of hydrogen-bond donors (Lipinski definition) is 0. The fourth-order valence-corrected chi connectivity index (χ4v) is 5.97. The molecule has 1 aromatic carbocycles. The van der Waals surface area contributed by atoms with Crippen LogP contribution in [0, 0.1) is 11.8 Å². The normalized spacial score (nSPS) is 20.0. The smallest absolute Gasteiger partial charge is 0.225 e. The maximum atomic E-state index is 12.9. The quantitative estimate of drug-likeness (QED) is 0.636. The minimum atomic E-state index is -3.19. The van der Waals surface area contributed by atoms with Gasteiger partial charge < -0.3 is 4.90 Å². The van der Waals surface area contributed by atoms with E-state index in [1.54, 1.807) is 4.31 Å². The lowest BCUT2D eigenvalue weighted by atomic mass is 9.88. The Morgan fingerprint density at radius 3 is 2.10 bits per heavy atom. The number of carbonyl (C=O) groups excluding carboxylic acids is 2. The van der Waals surface area contributed by atoms with Crippen molar-refractivity contribution in [3.8, 4) is 0 Å². The molecule has 0 aliphatic carbocycles. The second-order valence-corrected chi connectivity index (χ2v) is 10.3. The number of hydrogen-bond acceptors (Lipinski definition) is 4. The highest BCUT2D eigenvalue weighted by molar-refractivity contribution is 7.89. The van der Waals surface area contributed by atoms with Crippen LogP contribution < -0.4 is 0 Å². The molecule has 2 aliphatic heterocycles. The van der Waals surface area contributed by atoms with Gasteiger partial charge in [0.1, 0.15) is 0 Å². The number of Topliss-reactive ketones (excluding diaryl/α,β-unsaturated/α-hetero) is 1. The van der Waals surface area contributed by atoms with E-state index in [1.165, 1.54) is 0 Å². The van der Waals surface area contributed by atoms with Crippen molar-refractivity contribution >= 4 is 21.7 Å². The van der Waals surface area contributed by atoms with Crippen molar-refractivity contribution in [1.82, 2.24) is 9.21 Å². The molecule has 0 unspecified atom stereocenters. The number of likely N-dealkylation sites (tertiary alicyclic amines) is 1. The van der Waals surface area contributed by atoms with Crippen LogP contribution in [-0.2, 0) is 14.8 Å². The summed E-state index contributed by atoms with van der Waals surface area (Å²) in [6, 6.07) is 9.35. The molecule has 0 bridgehead atoms. The molecular formula is C22H32N2O4S. The second-order valence-electron chi connectivity index (χ2n) is 8.17. The fourth-order valence-electron chi connectivity index (χ4n) is 4.30. The largest absolute Gasteiger partial charge is 0.342 e. The molecule has 0 saturated carbocycles. The van der Waals surface area contributed by atoms with Crippen molar-refractivity contribution in [2.75, 3.05) is 31.9 Å².